The highest BCUT2D eigenvalue weighted by molar-refractivity contribution is 7.79. The second-order valence-corrected chi connectivity index (χ2v) is 10.3. The van der Waals surface area contributed by atoms with Gasteiger partial charge in [0, 0.05) is 19.7 Å². The van der Waals surface area contributed by atoms with Crippen LogP contribution in [0.3, 0.4) is 0 Å². The summed E-state index contributed by atoms with van der Waals surface area (Å²) in [4.78, 5) is 2.34. The van der Waals surface area contributed by atoms with Crippen LogP contribution >= 0.6 is 7.92 Å². The van der Waals surface area contributed by atoms with Gasteiger partial charge in [-0.15, -0.1) is 0 Å². The molecule has 2 atom stereocenters. The lowest BCUT2D eigenvalue weighted by Gasteiger charge is -2.29. The van der Waals surface area contributed by atoms with Crippen molar-refractivity contribution in [2.45, 2.75) is 32.8 Å². The standard InChI is InChI=1S/C26H30NO2P/c1-20(2)25-19-29-26(28-3)27(25)18-21-11-10-16-24(17-21)30(22-12-6-4-7-13-22)23-14-8-5-9-15-23/h4-17,20,25-26H,18-19H2,1-3H3. The van der Waals surface area contributed by atoms with E-state index < -0.39 is 7.92 Å². The number of methoxy groups -OCH3 is 1. The van der Waals surface area contributed by atoms with Gasteiger partial charge in [-0.2, -0.15) is 0 Å². The molecule has 1 fully saturated rings. The second kappa shape index (κ2) is 9.85. The molecule has 1 aliphatic rings. The quantitative estimate of drug-likeness (QED) is 0.535. The van der Waals surface area contributed by atoms with Crippen LogP contribution in [0.25, 0.3) is 0 Å². The summed E-state index contributed by atoms with van der Waals surface area (Å²) in [5, 5.41) is 4.11. The van der Waals surface area contributed by atoms with Crippen LogP contribution in [-0.4, -0.2) is 31.1 Å². The van der Waals surface area contributed by atoms with Crippen molar-refractivity contribution in [1.82, 2.24) is 4.90 Å². The van der Waals surface area contributed by atoms with Gasteiger partial charge >= 0.3 is 0 Å². The summed E-state index contributed by atoms with van der Waals surface area (Å²) >= 11 is 0. The molecule has 3 aromatic rings. The zero-order valence-corrected chi connectivity index (χ0v) is 18.8. The minimum atomic E-state index is -0.599. The molecule has 3 aromatic carbocycles. The van der Waals surface area contributed by atoms with E-state index in [1.807, 2.05) is 0 Å². The Labute approximate surface area is 181 Å². The fourth-order valence-electron chi connectivity index (χ4n) is 4.11. The monoisotopic (exact) mass is 419 g/mol. The Morgan fingerprint density at radius 1 is 0.900 bits per heavy atom. The molecule has 3 nitrogen and oxygen atoms in total. The molecule has 1 aliphatic heterocycles. The molecule has 0 aliphatic carbocycles. The van der Waals surface area contributed by atoms with Gasteiger partial charge in [0.25, 0.3) is 0 Å². The molecule has 0 radical (unpaired) electrons. The number of nitrogens with zero attached hydrogens (tertiary/aromatic N) is 1. The first-order chi connectivity index (χ1) is 14.7. The van der Waals surface area contributed by atoms with E-state index in [2.05, 4.69) is 104 Å². The molecule has 0 spiro atoms. The Hall–Kier alpha value is -2.03. The molecule has 156 valence electrons. The molecular weight excluding hydrogens is 389 g/mol. The molecule has 0 amide bonds. The van der Waals surface area contributed by atoms with Crippen LogP contribution in [-0.2, 0) is 16.0 Å². The molecule has 30 heavy (non-hydrogen) atoms. The van der Waals surface area contributed by atoms with Crippen LogP contribution in [0.4, 0.5) is 0 Å². The lowest BCUT2D eigenvalue weighted by atomic mass is 10.0. The van der Waals surface area contributed by atoms with Crippen LogP contribution in [0.5, 0.6) is 0 Å². The van der Waals surface area contributed by atoms with E-state index in [0.717, 1.165) is 13.2 Å². The van der Waals surface area contributed by atoms with Crippen molar-refractivity contribution in [3.05, 3.63) is 90.5 Å². The van der Waals surface area contributed by atoms with E-state index in [0.29, 0.717) is 12.0 Å². The predicted molar refractivity (Wildman–Crippen MR) is 126 cm³/mol. The van der Waals surface area contributed by atoms with E-state index in [1.54, 1.807) is 7.11 Å². The molecule has 4 rings (SSSR count). The second-order valence-electron chi connectivity index (χ2n) is 8.04. The molecule has 1 heterocycles. The van der Waals surface area contributed by atoms with Gasteiger partial charge < -0.3 is 9.47 Å². The molecule has 2 unspecified atom stereocenters. The molecule has 0 aromatic heterocycles. The van der Waals surface area contributed by atoms with E-state index in [1.165, 1.54) is 21.5 Å². The fraction of sp³-hybridized carbons (Fsp3) is 0.308. The molecule has 1 saturated heterocycles. The van der Waals surface area contributed by atoms with Crippen LogP contribution in [0.2, 0.25) is 0 Å². The van der Waals surface area contributed by atoms with Crippen molar-refractivity contribution >= 4 is 23.8 Å². The van der Waals surface area contributed by atoms with Crippen molar-refractivity contribution in [3.8, 4) is 0 Å². The Kier molecular flexibility index (Phi) is 6.97. The predicted octanol–water partition coefficient (Wildman–Crippen LogP) is 4.23. The summed E-state index contributed by atoms with van der Waals surface area (Å²) in [6.45, 7) is 6.04. The Morgan fingerprint density at radius 2 is 1.50 bits per heavy atom. The van der Waals surface area contributed by atoms with Gasteiger partial charge in [-0.3, -0.25) is 0 Å². The molecule has 0 bridgehead atoms. The highest BCUT2D eigenvalue weighted by atomic mass is 31.1. The maximum Gasteiger partial charge on any atom is 0.219 e. The van der Waals surface area contributed by atoms with Gasteiger partial charge in [0.05, 0.1) is 6.61 Å². The van der Waals surface area contributed by atoms with Gasteiger partial charge in [0.1, 0.15) is 0 Å². The summed E-state index contributed by atoms with van der Waals surface area (Å²) in [5.41, 5.74) is 1.30. The maximum absolute atomic E-state index is 5.88. The third-order valence-corrected chi connectivity index (χ3v) is 8.06. The summed E-state index contributed by atoms with van der Waals surface area (Å²) in [6.07, 6.45) is -0.272. The van der Waals surface area contributed by atoms with Crippen LogP contribution in [0.1, 0.15) is 19.4 Å². The SMILES string of the molecule is COC1OCC(C(C)C)N1Cc1cccc(P(c2ccccc2)c2ccccc2)c1. The van der Waals surface area contributed by atoms with Gasteiger partial charge in [0.2, 0.25) is 6.41 Å². The first kappa shape index (κ1) is 21.2. The van der Waals surface area contributed by atoms with Gasteiger partial charge in [-0.1, -0.05) is 92.7 Å². The lowest BCUT2D eigenvalue weighted by molar-refractivity contribution is -0.163. The number of ether oxygens (including phenoxy) is 2. The normalized spacial score (nSPS) is 19.6. The van der Waals surface area contributed by atoms with Crippen LogP contribution in [0.15, 0.2) is 84.9 Å². The Balaban J connectivity index is 1.67. The fourth-order valence-corrected chi connectivity index (χ4v) is 6.47. The lowest BCUT2D eigenvalue weighted by Crippen LogP contribution is -2.40. The number of rotatable bonds is 7. The maximum atomic E-state index is 5.88. The summed E-state index contributed by atoms with van der Waals surface area (Å²) in [6, 6.07) is 31.1. The zero-order chi connectivity index (χ0) is 20.9. The number of benzene rings is 3. The Morgan fingerprint density at radius 3 is 2.07 bits per heavy atom. The molecule has 4 heteroatoms. The number of hydrogen-bond donors (Lipinski definition) is 0. The minimum Gasteiger partial charge on any atom is -0.343 e. The highest BCUT2D eigenvalue weighted by Crippen LogP contribution is 2.33. The zero-order valence-electron chi connectivity index (χ0n) is 17.9. The van der Waals surface area contributed by atoms with E-state index in [4.69, 9.17) is 9.47 Å². The summed E-state index contributed by atoms with van der Waals surface area (Å²) < 4.78 is 11.5. The van der Waals surface area contributed by atoms with Crippen molar-refractivity contribution < 1.29 is 9.47 Å². The smallest absolute Gasteiger partial charge is 0.219 e. The highest BCUT2D eigenvalue weighted by Gasteiger charge is 2.36. The number of hydrogen-bond acceptors (Lipinski definition) is 3. The van der Waals surface area contributed by atoms with Crippen molar-refractivity contribution in [3.63, 3.8) is 0 Å². The molecule has 0 saturated carbocycles. The van der Waals surface area contributed by atoms with E-state index in [-0.39, 0.29) is 6.41 Å². The van der Waals surface area contributed by atoms with Crippen molar-refractivity contribution in [1.29, 1.82) is 0 Å². The summed E-state index contributed by atoms with van der Waals surface area (Å²) in [5.74, 6) is 0.513. The molecular formula is C26H30NO2P. The minimum absolute atomic E-state index is 0.272. The van der Waals surface area contributed by atoms with Crippen LogP contribution in [0, 0.1) is 5.92 Å². The largest absolute Gasteiger partial charge is 0.343 e. The topological polar surface area (TPSA) is 21.7 Å². The first-order valence-corrected chi connectivity index (χ1v) is 11.9. The third-order valence-electron chi connectivity index (χ3n) is 5.64. The van der Waals surface area contributed by atoms with E-state index >= 15 is 0 Å². The third kappa shape index (κ3) is 4.66. The van der Waals surface area contributed by atoms with Gasteiger partial charge in [-0.25, -0.2) is 4.90 Å². The van der Waals surface area contributed by atoms with Crippen molar-refractivity contribution in [2.24, 2.45) is 5.92 Å². The van der Waals surface area contributed by atoms with Gasteiger partial charge in [-0.05, 0) is 41.4 Å². The van der Waals surface area contributed by atoms with Gasteiger partial charge in [0.15, 0.2) is 0 Å². The average molecular weight is 420 g/mol. The first-order valence-electron chi connectivity index (χ1n) is 10.6. The molecule has 0 N–H and O–H groups in total. The van der Waals surface area contributed by atoms with Crippen LogP contribution < -0.4 is 15.9 Å². The van der Waals surface area contributed by atoms with Crippen molar-refractivity contribution in [2.75, 3.05) is 13.7 Å². The Bertz CT molecular complexity index is 893. The van der Waals surface area contributed by atoms with E-state index in [9.17, 15) is 0 Å². The summed E-state index contributed by atoms with van der Waals surface area (Å²) in [7, 11) is 1.12. The average Bonchev–Trinajstić information content (AvgIpc) is 3.18.